The van der Waals surface area contributed by atoms with Crippen LogP contribution in [0.1, 0.15) is 37.6 Å². The van der Waals surface area contributed by atoms with Gasteiger partial charge >= 0.3 is 0 Å². The fraction of sp³-hybridized carbons (Fsp3) is 0.360. The summed E-state index contributed by atoms with van der Waals surface area (Å²) in [5.41, 5.74) is 3.16. The van der Waals surface area contributed by atoms with Gasteiger partial charge in [0.2, 0.25) is 0 Å². The third-order valence-electron chi connectivity index (χ3n) is 5.67. The molecule has 3 rings (SSSR count). The van der Waals surface area contributed by atoms with Gasteiger partial charge in [0.25, 0.3) is 0 Å². The molecule has 3 nitrogen and oxygen atoms in total. The number of benzene rings is 2. The van der Waals surface area contributed by atoms with Crippen LogP contribution < -0.4 is 4.74 Å². The Labute approximate surface area is 173 Å². The lowest BCUT2D eigenvalue weighted by Crippen LogP contribution is -2.36. The Kier molecular flexibility index (Phi) is 7.10. The largest absolute Gasteiger partial charge is 0.497 e. The molecule has 0 saturated heterocycles. The van der Waals surface area contributed by atoms with Crippen molar-refractivity contribution in [3.63, 3.8) is 0 Å². The number of nitrogens with zero attached hydrogens (tertiary/aromatic N) is 2. The molecule has 29 heavy (non-hydrogen) atoms. The predicted molar refractivity (Wildman–Crippen MR) is 116 cm³/mol. The molecule has 3 aromatic rings. The lowest BCUT2D eigenvalue weighted by atomic mass is 10.0. The zero-order valence-corrected chi connectivity index (χ0v) is 17.8. The minimum Gasteiger partial charge on any atom is -0.497 e. The fourth-order valence-electron chi connectivity index (χ4n) is 3.50. The monoisotopic (exact) mass is 394 g/mol. The summed E-state index contributed by atoms with van der Waals surface area (Å²) in [5, 5.41) is 0. The number of aromatic nitrogens is 1. The Balaban J connectivity index is 1.79. The molecule has 1 heterocycles. The topological polar surface area (TPSA) is 17.4 Å². The van der Waals surface area contributed by atoms with E-state index in [0.29, 0.717) is 24.1 Å². The normalized spacial score (nSPS) is 12.5. The first-order valence-electron chi connectivity index (χ1n) is 10.2. The van der Waals surface area contributed by atoms with Crippen molar-refractivity contribution in [2.75, 3.05) is 7.11 Å². The first-order chi connectivity index (χ1) is 14.0. The van der Waals surface area contributed by atoms with Gasteiger partial charge in [0.05, 0.1) is 13.7 Å². The van der Waals surface area contributed by atoms with Crippen LogP contribution >= 0.6 is 0 Å². The Morgan fingerprint density at radius 3 is 2.31 bits per heavy atom. The molecule has 0 bridgehead atoms. The fourth-order valence-corrected chi connectivity index (χ4v) is 3.50. The second-order valence-electron chi connectivity index (χ2n) is 7.96. The Hall–Kier alpha value is -2.59. The quantitative estimate of drug-likeness (QED) is 0.461. The SMILES string of the molecule is COc1ccc(CN(Cc2cccn2Cc2ccccc2F)[C@@H](C)C(C)C)cc1. The molecule has 154 valence electrons. The molecule has 0 amide bonds. The molecule has 0 fully saturated rings. The van der Waals surface area contributed by atoms with Crippen LogP contribution in [-0.4, -0.2) is 22.6 Å². The highest BCUT2D eigenvalue weighted by Gasteiger charge is 2.19. The van der Waals surface area contributed by atoms with Crippen LogP contribution in [0.3, 0.4) is 0 Å². The van der Waals surface area contributed by atoms with Crippen molar-refractivity contribution in [3.8, 4) is 5.75 Å². The van der Waals surface area contributed by atoms with E-state index in [1.807, 2.05) is 36.5 Å². The molecule has 0 spiro atoms. The second-order valence-corrected chi connectivity index (χ2v) is 7.96. The van der Waals surface area contributed by atoms with Crippen molar-refractivity contribution < 1.29 is 9.13 Å². The molecule has 0 saturated carbocycles. The molecule has 0 radical (unpaired) electrons. The van der Waals surface area contributed by atoms with E-state index in [1.165, 1.54) is 17.3 Å². The van der Waals surface area contributed by atoms with Gasteiger partial charge in [-0.15, -0.1) is 0 Å². The first-order valence-corrected chi connectivity index (χ1v) is 10.2. The first kappa shape index (κ1) is 21.1. The summed E-state index contributed by atoms with van der Waals surface area (Å²) in [4.78, 5) is 2.49. The third kappa shape index (κ3) is 5.48. The molecule has 0 aliphatic carbocycles. The van der Waals surface area contributed by atoms with Crippen molar-refractivity contribution >= 4 is 0 Å². The lowest BCUT2D eigenvalue weighted by Gasteiger charge is -2.32. The maximum Gasteiger partial charge on any atom is 0.128 e. The van der Waals surface area contributed by atoms with Crippen LogP contribution in [0.15, 0.2) is 66.9 Å². The van der Waals surface area contributed by atoms with E-state index < -0.39 is 0 Å². The van der Waals surface area contributed by atoms with Gasteiger partial charge < -0.3 is 9.30 Å². The Morgan fingerprint density at radius 1 is 0.931 bits per heavy atom. The average Bonchev–Trinajstić information content (AvgIpc) is 3.15. The van der Waals surface area contributed by atoms with Crippen molar-refractivity contribution in [2.24, 2.45) is 5.92 Å². The summed E-state index contributed by atoms with van der Waals surface area (Å²) in [6.45, 7) is 9.00. The maximum absolute atomic E-state index is 14.1. The van der Waals surface area contributed by atoms with Crippen molar-refractivity contribution in [1.82, 2.24) is 9.47 Å². The average molecular weight is 395 g/mol. The summed E-state index contributed by atoms with van der Waals surface area (Å²) in [7, 11) is 1.69. The van der Waals surface area contributed by atoms with Gasteiger partial charge in [-0.3, -0.25) is 4.90 Å². The zero-order valence-electron chi connectivity index (χ0n) is 17.8. The minimum atomic E-state index is -0.155. The molecule has 0 unspecified atom stereocenters. The number of methoxy groups -OCH3 is 1. The van der Waals surface area contributed by atoms with E-state index >= 15 is 0 Å². The summed E-state index contributed by atoms with van der Waals surface area (Å²) in [6, 6.07) is 19.8. The second kappa shape index (κ2) is 9.75. The molecule has 4 heteroatoms. The zero-order chi connectivity index (χ0) is 20.8. The van der Waals surface area contributed by atoms with Gasteiger partial charge in [-0.2, -0.15) is 0 Å². The van der Waals surface area contributed by atoms with Gasteiger partial charge in [-0.25, -0.2) is 4.39 Å². The van der Waals surface area contributed by atoms with Crippen LogP contribution in [0, 0.1) is 11.7 Å². The standard InChI is InChI=1S/C25H31FN2O/c1-19(2)20(3)28(16-21-11-13-24(29-4)14-12-21)18-23-9-7-15-27(23)17-22-8-5-6-10-25(22)26/h5-15,19-20H,16-18H2,1-4H3/t20-/m0/s1. The molecule has 0 N–H and O–H groups in total. The maximum atomic E-state index is 14.1. The van der Waals surface area contributed by atoms with Crippen LogP contribution in [0.25, 0.3) is 0 Å². The van der Waals surface area contributed by atoms with Gasteiger partial charge in [-0.05, 0) is 48.7 Å². The number of hydrogen-bond acceptors (Lipinski definition) is 2. The van der Waals surface area contributed by atoms with Crippen LogP contribution in [0.5, 0.6) is 5.75 Å². The molecular formula is C25H31FN2O. The Morgan fingerprint density at radius 2 is 1.66 bits per heavy atom. The van der Waals surface area contributed by atoms with Crippen LogP contribution in [0.2, 0.25) is 0 Å². The van der Waals surface area contributed by atoms with Crippen LogP contribution in [-0.2, 0) is 19.6 Å². The van der Waals surface area contributed by atoms with Gasteiger partial charge in [0.15, 0.2) is 0 Å². The predicted octanol–water partition coefficient (Wildman–Crippen LogP) is 5.73. The van der Waals surface area contributed by atoms with E-state index in [1.54, 1.807) is 13.2 Å². The molecule has 1 atom stereocenters. The highest BCUT2D eigenvalue weighted by atomic mass is 19.1. The van der Waals surface area contributed by atoms with Crippen LogP contribution in [0.4, 0.5) is 4.39 Å². The van der Waals surface area contributed by atoms with Gasteiger partial charge in [-0.1, -0.05) is 44.2 Å². The highest BCUT2D eigenvalue weighted by Crippen LogP contribution is 2.21. The number of ether oxygens (including phenoxy) is 1. The Bertz CT molecular complexity index is 901. The van der Waals surface area contributed by atoms with Crippen molar-refractivity contribution in [1.29, 1.82) is 0 Å². The third-order valence-corrected chi connectivity index (χ3v) is 5.67. The van der Waals surface area contributed by atoms with E-state index in [0.717, 1.165) is 18.8 Å². The molecule has 0 aliphatic heterocycles. The molecule has 0 aliphatic rings. The van der Waals surface area contributed by atoms with Crippen molar-refractivity contribution in [3.05, 3.63) is 89.5 Å². The number of hydrogen-bond donors (Lipinski definition) is 0. The summed E-state index contributed by atoms with van der Waals surface area (Å²) in [5.74, 6) is 1.25. The molecule has 1 aromatic heterocycles. The van der Waals surface area contributed by atoms with E-state index in [4.69, 9.17) is 4.74 Å². The molecule has 2 aromatic carbocycles. The summed E-state index contributed by atoms with van der Waals surface area (Å²) in [6.07, 6.45) is 2.04. The summed E-state index contributed by atoms with van der Waals surface area (Å²) < 4.78 is 21.5. The minimum absolute atomic E-state index is 0.155. The van der Waals surface area contributed by atoms with E-state index in [9.17, 15) is 4.39 Å². The smallest absolute Gasteiger partial charge is 0.128 e. The summed E-state index contributed by atoms with van der Waals surface area (Å²) >= 11 is 0. The number of rotatable bonds is 9. The number of halogens is 1. The highest BCUT2D eigenvalue weighted by molar-refractivity contribution is 5.27. The van der Waals surface area contributed by atoms with E-state index in [-0.39, 0.29) is 5.82 Å². The van der Waals surface area contributed by atoms with E-state index in [2.05, 4.69) is 48.4 Å². The van der Waals surface area contributed by atoms with Crippen molar-refractivity contribution in [2.45, 2.75) is 46.4 Å². The van der Waals surface area contributed by atoms with Gasteiger partial charge in [0.1, 0.15) is 11.6 Å². The molecular weight excluding hydrogens is 363 g/mol. The van der Waals surface area contributed by atoms with Gasteiger partial charge in [0, 0.05) is 36.6 Å². The lowest BCUT2D eigenvalue weighted by molar-refractivity contribution is 0.148.